The molecule has 0 atom stereocenters. The first kappa shape index (κ1) is 8.49. The number of nitro groups is 1. The van der Waals surface area contributed by atoms with Crippen molar-refractivity contribution in [2.75, 3.05) is 0 Å². The average Bonchev–Trinajstić information content (AvgIpc) is 2.17. The molecule has 1 aromatic rings. The second-order valence-electron chi connectivity index (χ2n) is 2.76. The molecule has 0 unspecified atom stereocenters. The zero-order valence-corrected chi connectivity index (χ0v) is 7.01. The van der Waals surface area contributed by atoms with Gasteiger partial charge in [-0.25, -0.2) is 0 Å². The number of carbonyl (C=O) groups excluding carboxylic acids is 1. The molecule has 0 radical (unpaired) electrons. The number of carbonyl (C=O) groups is 1. The van der Waals surface area contributed by atoms with Crippen molar-refractivity contribution in [2.45, 2.75) is 6.42 Å². The summed E-state index contributed by atoms with van der Waals surface area (Å²) in [7, 11) is 0. The molecule has 70 valence electrons. The first-order valence-corrected chi connectivity index (χ1v) is 3.88. The molecular weight excluding hydrogens is 186 g/mol. The van der Waals surface area contributed by atoms with Crippen molar-refractivity contribution in [1.29, 1.82) is 0 Å². The van der Waals surface area contributed by atoms with Crippen LogP contribution in [0.4, 0.5) is 11.5 Å². The number of aliphatic imine (C=N–C) groups is 1. The van der Waals surface area contributed by atoms with Gasteiger partial charge in [-0.2, -0.15) is 0 Å². The van der Waals surface area contributed by atoms with Gasteiger partial charge in [0.05, 0.1) is 17.3 Å². The van der Waals surface area contributed by atoms with Crippen LogP contribution in [0.3, 0.4) is 0 Å². The minimum atomic E-state index is -0.616. The zero-order chi connectivity index (χ0) is 10.1. The maximum absolute atomic E-state index is 11.3. The van der Waals surface area contributed by atoms with Crippen LogP contribution in [0.15, 0.2) is 17.3 Å². The topological polar surface area (TPSA) is 85.5 Å². The standard InChI is InChI=1S/C8H5N3O3/c12-7-1-2-9-6-3-8(11(13)14)10-4-5(6)7/h2-4H,1H2. The van der Waals surface area contributed by atoms with Crippen LogP contribution in [-0.4, -0.2) is 21.9 Å². The number of ketones is 1. The predicted molar refractivity (Wildman–Crippen MR) is 48.0 cm³/mol. The van der Waals surface area contributed by atoms with Crippen LogP contribution in [0.2, 0.25) is 0 Å². The van der Waals surface area contributed by atoms with Crippen molar-refractivity contribution in [3.8, 4) is 0 Å². The molecule has 2 rings (SSSR count). The molecule has 6 heteroatoms. The Bertz CT molecular complexity index is 453. The van der Waals surface area contributed by atoms with Gasteiger partial charge in [-0.3, -0.25) is 9.79 Å². The summed E-state index contributed by atoms with van der Waals surface area (Å²) >= 11 is 0. The smallest absolute Gasteiger partial charge is 0.358 e. The Labute approximate surface area is 78.4 Å². The fraction of sp³-hybridized carbons (Fsp3) is 0.125. The zero-order valence-electron chi connectivity index (χ0n) is 7.01. The Morgan fingerprint density at radius 1 is 1.50 bits per heavy atom. The lowest BCUT2D eigenvalue weighted by molar-refractivity contribution is -0.389. The summed E-state index contributed by atoms with van der Waals surface area (Å²) in [5.74, 6) is -0.409. The normalized spacial score (nSPS) is 13.9. The highest BCUT2D eigenvalue weighted by molar-refractivity contribution is 6.09. The number of rotatable bonds is 1. The third kappa shape index (κ3) is 1.26. The van der Waals surface area contributed by atoms with E-state index in [1.165, 1.54) is 18.5 Å². The van der Waals surface area contributed by atoms with E-state index >= 15 is 0 Å². The van der Waals surface area contributed by atoms with Gasteiger partial charge in [-0.15, -0.1) is 0 Å². The minimum Gasteiger partial charge on any atom is -0.358 e. The Balaban J connectivity index is 2.56. The molecule has 0 amide bonds. The van der Waals surface area contributed by atoms with E-state index in [2.05, 4.69) is 9.98 Å². The summed E-state index contributed by atoms with van der Waals surface area (Å²) in [6.07, 6.45) is 2.87. The quantitative estimate of drug-likeness (QED) is 0.494. The van der Waals surface area contributed by atoms with Gasteiger partial charge in [-0.1, -0.05) is 0 Å². The SMILES string of the molecule is O=C1CC=Nc2cc([N+](=O)[O-])ncc21. The Morgan fingerprint density at radius 3 is 3.00 bits per heavy atom. The van der Waals surface area contributed by atoms with Gasteiger partial charge in [0.1, 0.15) is 0 Å². The molecule has 14 heavy (non-hydrogen) atoms. The second-order valence-corrected chi connectivity index (χ2v) is 2.76. The van der Waals surface area contributed by atoms with Crippen molar-refractivity contribution < 1.29 is 9.72 Å². The molecule has 1 aromatic heterocycles. The van der Waals surface area contributed by atoms with Crippen molar-refractivity contribution in [2.24, 2.45) is 4.99 Å². The maximum Gasteiger partial charge on any atom is 0.365 e. The van der Waals surface area contributed by atoms with Crippen molar-refractivity contribution in [1.82, 2.24) is 4.98 Å². The van der Waals surface area contributed by atoms with E-state index in [4.69, 9.17) is 0 Å². The molecule has 1 aliphatic heterocycles. The van der Waals surface area contributed by atoms with E-state index in [1.807, 2.05) is 0 Å². The van der Waals surface area contributed by atoms with E-state index in [-0.39, 0.29) is 18.0 Å². The third-order valence-electron chi connectivity index (χ3n) is 1.86. The summed E-state index contributed by atoms with van der Waals surface area (Å²) in [4.78, 5) is 28.5. The molecule has 6 nitrogen and oxygen atoms in total. The minimum absolute atomic E-state index is 0.114. The van der Waals surface area contributed by atoms with Crippen LogP contribution in [0.5, 0.6) is 0 Å². The summed E-state index contributed by atoms with van der Waals surface area (Å²) in [6, 6.07) is 1.20. The van der Waals surface area contributed by atoms with E-state index in [1.54, 1.807) is 0 Å². The summed E-state index contributed by atoms with van der Waals surface area (Å²) in [5, 5.41) is 10.4. The molecule has 2 heterocycles. The van der Waals surface area contributed by atoms with Crippen LogP contribution in [0, 0.1) is 10.1 Å². The second kappa shape index (κ2) is 2.99. The molecule has 0 spiro atoms. The number of pyridine rings is 1. The predicted octanol–water partition coefficient (Wildman–Crippen LogP) is 1.28. The van der Waals surface area contributed by atoms with Gasteiger partial charge < -0.3 is 10.1 Å². The number of hydrogen-bond acceptors (Lipinski definition) is 5. The lowest BCUT2D eigenvalue weighted by Gasteiger charge is -2.05. The average molecular weight is 191 g/mol. The molecule has 0 N–H and O–H groups in total. The van der Waals surface area contributed by atoms with Gasteiger partial charge >= 0.3 is 5.82 Å². The monoisotopic (exact) mass is 191 g/mol. The summed E-state index contributed by atoms with van der Waals surface area (Å²) in [6.45, 7) is 0. The number of Topliss-reactive ketones (excluding diaryl/α,β-unsaturated/α-hetero) is 1. The highest BCUT2D eigenvalue weighted by Crippen LogP contribution is 2.26. The fourth-order valence-electron chi connectivity index (χ4n) is 1.19. The Hall–Kier alpha value is -2.11. The van der Waals surface area contributed by atoms with Gasteiger partial charge in [0.2, 0.25) is 0 Å². The van der Waals surface area contributed by atoms with Gasteiger partial charge in [0, 0.05) is 12.6 Å². The first-order chi connectivity index (χ1) is 6.68. The van der Waals surface area contributed by atoms with Crippen molar-refractivity contribution in [3.05, 3.63) is 27.9 Å². The molecule has 0 bridgehead atoms. The molecule has 0 saturated heterocycles. The van der Waals surface area contributed by atoms with Crippen LogP contribution in [0.25, 0.3) is 0 Å². The lowest BCUT2D eigenvalue weighted by Crippen LogP contribution is -2.06. The largest absolute Gasteiger partial charge is 0.365 e. The number of aromatic nitrogens is 1. The van der Waals surface area contributed by atoms with Crippen LogP contribution in [0.1, 0.15) is 16.8 Å². The van der Waals surface area contributed by atoms with Crippen LogP contribution >= 0.6 is 0 Å². The summed E-state index contributed by atoms with van der Waals surface area (Å²) in [5.41, 5.74) is 0.668. The Kier molecular flexibility index (Phi) is 1.81. The third-order valence-corrected chi connectivity index (χ3v) is 1.86. The fourth-order valence-corrected chi connectivity index (χ4v) is 1.19. The van der Waals surface area contributed by atoms with Gasteiger partial charge in [0.25, 0.3) is 0 Å². The maximum atomic E-state index is 11.3. The lowest BCUT2D eigenvalue weighted by atomic mass is 10.1. The number of fused-ring (bicyclic) bond motifs is 1. The van der Waals surface area contributed by atoms with E-state index in [9.17, 15) is 14.9 Å². The van der Waals surface area contributed by atoms with Crippen molar-refractivity contribution >= 4 is 23.5 Å². The van der Waals surface area contributed by atoms with Gasteiger partial charge in [-0.05, 0) is 9.91 Å². The Morgan fingerprint density at radius 2 is 2.29 bits per heavy atom. The number of nitrogens with zero attached hydrogens (tertiary/aromatic N) is 3. The summed E-state index contributed by atoms with van der Waals surface area (Å²) < 4.78 is 0. The van der Waals surface area contributed by atoms with Crippen molar-refractivity contribution in [3.63, 3.8) is 0 Å². The van der Waals surface area contributed by atoms with E-state index < -0.39 is 4.92 Å². The first-order valence-electron chi connectivity index (χ1n) is 3.88. The highest BCUT2D eigenvalue weighted by Gasteiger charge is 2.19. The van der Waals surface area contributed by atoms with Gasteiger partial charge in [0.15, 0.2) is 12.0 Å². The molecule has 0 aromatic carbocycles. The molecular formula is C8H5N3O3. The van der Waals surface area contributed by atoms with Crippen LogP contribution in [-0.2, 0) is 0 Å². The molecule has 0 fully saturated rings. The van der Waals surface area contributed by atoms with Crippen LogP contribution < -0.4 is 0 Å². The van der Waals surface area contributed by atoms with E-state index in [0.717, 1.165) is 0 Å². The molecule has 1 aliphatic rings. The highest BCUT2D eigenvalue weighted by atomic mass is 16.6. The molecule has 0 saturated carbocycles. The van der Waals surface area contributed by atoms with E-state index in [0.29, 0.717) is 11.3 Å². The number of hydrogen-bond donors (Lipinski definition) is 0. The molecule has 0 aliphatic carbocycles.